The van der Waals surface area contributed by atoms with Crippen LogP contribution in [0.5, 0.6) is 5.75 Å². The number of rotatable bonds is 4. The van der Waals surface area contributed by atoms with Gasteiger partial charge in [-0.25, -0.2) is 9.78 Å². The maximum Gasteiger partial charge on any atom is 0.357 e. The number of methoxy groups -OCH3 is 1. The maximum absolute atomic E-state index is 11.9. The standard InChI is InChI=1S/C13H16INO4/c1-17-11-6-5-10(15-12(11)14)13(16)19-8-9-4-2-3-7-18-9/h5-6,9H,2-4,7-8H2,1H3/t9-/m1/s1. The molecule has 2 rings (SSSR count). The van der Waals surface area contributed by atoms with E-state index in [9.17, 15) is 4.79 Å². The van der Waals surface area contributed by atoms with Crippen LogP contribution in [-0.2, 0) is 9.47 Å². The van der Waals surface area contributed by atoms with Crippen LogP contribution in [0.2, 0.25) is 0 Å². The molecule has 2 heterocycles. The minimum atomic E-state index is -0.422. The Balaban J connectivity index is 1.90. The van der Waals surface area contributed by atoms with E-state index in [2.05, 4.69) is 4.98 Å². The Kier molecular flexibility index (Phi) is 5.38. The number of hydrogen-bond donors (Lipinski definition) is 0. The van der Waals surface area contributed by atoms with Gasteiger partial charge >= 0.3 is 5.97 Å². The van der Waals surface area contributed by atoms with Crippen LogP contribution in [0.4, 0.5) is 0 Å². The summed E-state index contributed by atoms with van der Waals surface area (Å²) in [6, 6.07) is 3.31. The summed E-state index contributed by atoms with van der Waals surface area (Å²) < 4.78 is 16.5. The monoisotopic (exact) mass is 377 g/mol. The lowest BCUT2D eigenvalue weighted by molar-refractivity contribution is -0.0302. The average molecular weight is 377 g/mol. The zero-order valence-corrected chi connectivity index (χ0v) is 12.9. The maximum atomic E-state index is 11.9. The number of aromatic nitrogens is 1. The van der Waals surface area contributed by atoms with Gasteiger partial charge in [0, 0.05) is 6.61 Å². The van der Waals surface area contributed by atoms with E-state index in [0.29, 0.717) is 21.8 Å². The summed E-state index contributed by atoms with van der Waals surface area (Å²) in [5.41, 5.74) is 0.293. The topological polar surface area (TPSA) is 57.7 Å². The first-order valence-electron chi connectivity index (χ1n) is 6.20. The molecule has 1 aromatic rings. The first-order valence-corrected chi connectivity index (χ1v) is 7.28. The van der Waals surface area contributed by atoms with Gasteiger partial charge in [0.1, 0.15) is 16.0 Å². The van der Waals surface area contributed by atoms with Crippen molar-refractivity contribution >= 4 is 28.6 Å². The number of halogens is 1. The molecule has 1 atom stereocenters. The molecule has 1 aromatic heterocycles. The molecule has 0 aromatic carbocycles. The van der Waals surface area contributed by atoms with Crippen LogP contribution in [0.1, 0.15) is 29.8 Å². The van der Waals surface area contributed by atoms with E-state index in [-0.39, 0.29) is 6.10 Å². The van der Waals surface area contributed by atoms with Gasteiger partial charge in [-0.3, -0.25) is 0 Å². The van der Waals surface area contributed by atoms with Gasteiger partial charge in [-0.1, -0.05) is 0 Å². The molecular weight excluding hydrogens is 361 g/mol. The van der Waals surface area contributed by atoms with E-state index in [1.807, 2.05) is 22.6 Å². The number of pyridine rings is 1. The fourth-order valence-electron chi connectivity index (χ4n) is 1.87. The number of esters is 1. The fourth-order valence-corrected chi connectivity index (χ4v) is 2.53. The Bertz CT molecular complexity index is 446. The van der Waals surface area contributed by atoms with Gasteiger partial charge < -0.3 is 14.2 Å². The van der Waals surface area contributed by atoms with Crippen LogP contribution in [-0.4, -0.2) is 37.4 Å². The molecule has 0 bridgehead atoms. The second kappa shape index (κ2) is 7.04. The molecule has 104 valence electrons. The summed E-state index contributed by atoms with van der Waals surface area (Å²) in [6.45, 7) is 1.05. The molecule has 1 fully saturated rings. The SMILES string of the molecule is COc1ccc(C(=O)OC[C@H]2CCCCO2)nc1I. The predicted octanol–water partition coefficient (Wildman–Crippen LogP) is 2.42. The van der Waals surface area contributed by atoms with Crippen molar-refractivity contribution in [3.05, 3.63) is 21.5 Å². The van der Waals surface area contributed by atoms with Crippen molar-refractivity contribution in [1.82, 2.24) is 4.98 Å². The fraction of sp³-hybridized carbons (Fsp3) is 0.538. The Morgan fingerprint density at radius 3 is 3.00 bits per heavy atom. The van der Waals surface area contributed by atoms with Crippen molar-refractivity contribution in [1.29, 1.82) is 0 Å². The normalized spacial score (nSPS) is 18.9. The molecule has 1 aliphatic heterocycles. The van der Waals surface area contributed by atoms with Crippen molar-refractivity contribution in [2.75, 3.05) is 20.3 Å². The lowest BCUT2D eigenvalue weighted by Gasteiger charge is -2.21. The van der Waals surface area contributed by atoms with E-state index in [0.717, 1.165) is 25.9 Å². The van der Waals surface area contributed by atoms with E-state index >= 15 is 0 Å². The number of carbonyl (C=O) groups excluding carboxylic acids is 1. The van der Waals surface area contributed by atoms with Gasteiger partial charge in [0.05, 0.1) is 13.2 Å². The van der Waals surface area contributed by atoms with Crippen molar-refractivity contribution < 1.29 is 19.0 Å². The highest BCUT2D eigenvalue weighted by molar-refractivity contribution is 14.1. The Morgan fingerprint density at radius 2 is 2.37 bits per heavy atom. The molecule has 1 saturated heterocycles. The third kappa shape index (κ3) is 4.04. The highest BCUT2D eigenvalue weighted by atomic mass is 127. The van der Waals surface area contributed by atoms with Gasteiger partial charge in [-0.2, -0.15) is 0 Å². The van der Waals surface area contributed by atoms with Gasteiger partial charge in [-0.15, -0.1) is 0 Å². The Labute approximate surface area is 125 Å². The summed E-state index contributed by atoms with van der Waals surface area (Å²) in [4.78, 5) is 16.0. The number of hydrogen-bond acceptors (Lipinski definition) is 5. The number of carbonyl (C=O) groups is 1. The zero-order chi connectivity index (χ0) is 13.7. The lowest BCUT2D eigenvalue weighted by atomic mass is 10.1. The summed E-state index contributed by atoms with van der Waals surface area (Å²) in [5, 5.41) is 0. The van der Waals surface area contributed by atoms with Crippen LogP contribution < -0.4 is 4.74 Å². The zero-order valence-electron chi connectivity index (χ0n) is 10.7. The lowest BCUT2D eigenvalue weighted by Crippen LogP contribution is -2.26. The molecule has 6 heteroatoms. The van der Waals surface area contributed by atoms with Crippen LogP contribution in [0.3, 0.4) is 0 Å². The Morgan fingerprint density at radius 1 is 1.53 bits per heavy atom. The van der Waals surface area contributed by atoms with Crippen molar-refractivity contribution in [2.45, 2.75) is 25.4 Å². The summed E-state index contributed by atoms with van der Waals surface area (Å²) in [5.74, 6) is 0.225. The Hall–Kier alpha value is -0.890. The van der Waals surface area contributed by atoms with Crippen LogP contribution in [0.25, 0.3) is 0 Å². The van der Waals surface area contributed by atoms with E-state index < -0.39 is 5.97 Å². The van der Waals surface area contributed by atoms with Crippen molar-refractivity contribution in [3.63, 3.8) is 0 Å². The highest BCUT2D eigenvalue weighted by Gasteiger charge is 2.18. The highest BCUT2D eigenvalue weighted by Crippen LogP contribution is 2.19. The molecule has 0 amide bonds. The molecule has 19 heavy (non-hydrogen) atoms. The van der Waals surface area contributed by atoms with Crippen molar-refractivity contribution in [3.8, 4) is 5.75 Å². The molecule has 0 aliphatic carbocycles. The van der Waals surface area contributed by atoms with Gasteiger partial charge in [0.15, 0.2) is 5.75 Å². The first-order chi connectivity index (χ1) is 9.20. The minimum Gasteiger partial charge on any atom is -0.494 e. The molecular formula is C13H16INO4. The number of nitrogens with zero attached hydrogens (tertiary/aromatic N) is 1. The smallest absolute Gasteiger partial charge is 0.357 e. The second-order valence-electron chi connectivity index (χ2n) is 4.28. The van der Waals surface area contributed by atoms with Gasteiger partial charge in [0.2, 0.25) is 0 Å². The first kappa shape index (κ1) is 14.5. The minimum absolute atomic E-state index is 0.0232. The largest absolute Gasteiger partial charge is 0.494 e. The predicted molar refractivity (Wildman–Crippen MR) is 77.4 cm³/mol. The molecule has 0 spiro atoms. The summed E-state index contributed by atoms with van der Waals surface area (Å²) in [6.07, 6.45) is 3.18. The summed E-state index contributed by atoms with van der Waals surface area (Å²) >= 11 is 2.02. The second-order valence-corrected chi connectivity index (χ2v) is 5.30. The third-order valence-corrected chi connectivity index (χ3v) is 3.69. The van der Waals surface area contributed by atoms with Crippen molar-refractivity contribution in [2.24, 2.45) is 0 Å². The summed E-state index contributed by atoms with van der Waals surface area (Å²) in [7, 11) is 1.57. The van der Waals surface area contributed by atoms with Gasteiger partial charge in [-0.05, 0) is 54.0 Å². The van der Waals surface area contributed by atoms with Crippen LogP contribution in [0.15, 0.2) is 12.1 Å². The van der Waals surface area contributed by atoms with Crippen LogP contribution >= 0.6 is 22.6 Å². The molecule has 0 unspecified atom stereocenters. The quantitative estimate of drug-likeness (QED) is 0.458. The molecule has 0 radical (unpaired) electrons. The van der Waals surface area contributed by atoms with E-state index in [1.54, 1.807) is 19.2 Å². The van der Waals surface area contributed by atoms with E-state index in [4.69, 9.17) is 14.2 Å². The average Bonchev–Trinajstić information content (AvgIpc) is 2.45. The van der Waals surface area contributed by atoms with Crippen LogP contribution in [0, 0.1) is 3.70 Å². The third-order valence-electron chi connectivity index (χ3n) is 2.92. The number of ether oxygens (including phenoxy) is 3. The van der Waals surface area contributed by atoms with Gasteiger partial charge in [0.25, 0.3) is 0 Å². The van der Waals surface area contributed by atoms with E-state index in [1.165, 1.54) is 0 Å². The molecule has 0 saturated carbocycles. The molecule has 1 aliphatic rings. The molecule has 5 nitrogen and oxygen atoms in total. The molecule has 0 N–H and O–H groups in total.